The number of halogens is 2. The predicted octanol–water partition coefficient (Wildman–Crippen LogP) is 4.33. The van der Waals surface area contributed by atoms with Crippen LogP contribution in [0, 0.1) is 5.82 Å². The van der Waals surface area contributed by atoms with Gasteiger partial charge in [0.1, 0.15) is 23.1 Å². The van der Waals surface area contributed by atoms with E-state index in [1.807, 2.05) is 6.92 Å². The molecule has 1 amide bonds. The SMILES string of the molecule is CCCN1C(=O)C(=O)/C(=C(/O)c2cc(OC)c(Cl)cc2OC)C1c1ccc(F)cc1. The molecule has 6 nitrogen and oxygen atoms in total. The molecular formula is C22H21ClFNO5. The van der Waals surface area contributed by atoms with Crippen molar-refractivity contribution in [1.29, 1.82) is 0 Å². The number of amides is 1. The van der Waals surface area contributed by atoms with Crippen molar-refractivity contribution in [3.63, 3.8) is 0 Å². The van der Waals surface area contributed by atoms with Crippen LogP contribution in [0.5, 0.6) is 11.5 Å². The molecule has 0 bridgehead atoms. The van der Waals surface area contributed by atoms with Crippen LogP contribution in [0.4, 0.5) is 4.39 Å². The van der Waals surface area contributed by atoms with Crippen LogP contribution in [0.1, 0.15) is 30.5 Å². The smallest absolute Gasteiger partial charge is 0.295 e. The summed E-state index contributed by atoms with van der Waals surface area (Å²) in [7, 11) is 2.80. The molecule has 1 heterocycles. The minimum absolute atomic E-state index is 0.109. The number of aliphatic hydroxyl groups excluding tert-OH is 1. The van der Waals surface area contributed by atoms with E-state index in [1.54, 1.807) is 0 Å². The molecule has 1 fully saturated rings. The molecule has 1 aliphatic rings. The van der Waals surface area contributed by atoms with Gasteiger partial charge in [0, 0.05) is 12.6 Å². The number of benzene rings is 2. The molecule has 0 spiro atoms. The Morgan fingerprint density at radius 1 is 1.13 bits per heavy atom. The fraction of sp³-hybridized carbons (Fsp3) is 0.273. The van der Waals surface area contributed by atoms with Crippen molar-refractivity contribution in [3.8, 4) is 11.5 Å². The fourth-order valence-corrected chi connectivity index (χ4v) is 3.76. The van der Waals surface area contributed by atoms with Crippen LogP contribution in [-0.2, 0) is 9.59 Å². The molecule has 8 heteroatoms. The first-order chi connectivity index (χ1) is 14.3. The lowest BCUT2D eigenvalue weighted by molar-refractivity contribution is -0.139. The molecule has 0 aliphatic carbocycles. The molecule has 3 rings (SSSR count). The number of Topliss-reactive ketones (excluding diaryl/α,β-unsaturated/α-hetero) is 1. The summed E-state index contributed by atoms with van der Waals surface area (Å²) in [5.41, 5.74) is 0.550. The number of rotatable bonds is 6. The first kappa shape index (κ1) is 21.6. The average Bonchev–Trinajstić information content (AvgIpc) is 2.99. The maximum atomic E-state index is 13.5. The molecule has 1 aliphatic heterocycles. The van der Waals surface area contributed by atoms with Gasteiger partial charge in [0.05, 0.1) is 36.4 Å². The van der Waals surface area contributed by atoms with Crippen LogP contribution in [-0.4, -0.2) is 42.5 Å². The third-order valence-electron chi connectivity index (χ3n) is 4.92. The number of carbonyl (C=O) groups excluding carboxylic acids is 2. The zero-order chi connectivity index (χ0) is 22.0. The van der Waals surface area contributed by atoms with Crippen LogP contribution >= 0.6 is 11.6 Å². The Balaban J connectivity index is 2.26. The highest BCUT2D eigenvalue weighted by Gasteiger charge is 2.46. The Labute approximate surface area is 178 Å². The lowest BCUT2D eigenvalue weighted by atomic mass is 9.95. The van der Waals surface area contributed by atoms with Gasteiger partial charge in [-0.1, -0.05) is 30.7 Å². The molecular weight excluding hydrogens is 413 g/mol. The number of methoxy groups -OCH3 is 2. The summed E-state index contributed by atoms with van der Waals surface area (Å²) in [6.07, 6.45) is 0.600. The summed E-state index contributed by atoms with van der Waals surface area (Å²) >= 11 is 6.13. The molecule has 2 aromatic rings. The van der Waals surface area contributed by atoms with Gasteiger partial charge in [0.25, 0.3) is 11.7 Å². The second-order valence-corrected chi connectivity index (χ2v) is 7.14. The molecule has 158 valence electrons. The van der Waals surface area contributed by atoms with Crippen molar-refractivity contribution in [3.05, 3.63) is 63.9 Å². The number of hydrogen-bond acceptors (Lipinski definition) is 5. The molecule has 0 radical (unpaired) electrons. The molecule has 1 unspecified atom stereocenters. The number of aliphatic hydroxyl groups is 1. The van der Waals surface area contributed by atoms with Crippen molar-refractivity contribution < 1.29 is 28.6 Å². The van der Waals surface area contributed by atoms with E-state index >= 15 is 0 Å². The van der Waals surface area contributed by atoms with Gasteiger partial charge in [-0.25, -0.2) is 4.39 Å². The third-order valence-corrected chi connectivity index (χ3v) is 5.21. The lowest BCUT2D eigenvalue weighted by Crippen LogP contribution is -2.30. The molecule has 1 saturated heterocycles. The number of hydrogen-bond donors (Lipinski definition) is 1. The Morgan fingerprint density at radius 2 is 1.77 bits per heavy atom. The maximum absolute atomic E-state index is 13.5. The zero-order valence-electron chi connectivity index (χ0n) is 16.7. The second-order valence-electron chi connectivity index (χ2n) is 6.73. The molecule has 30 heavy (non-hydrogen) atoms. The van der Waals surface area contributed by atoms with E-state index in [2.05, 4.69) is 0 Å². The Hall–Kier alpha value is -3.06. The van der Waals surface area contributed by atoms with Crippen molar-refractivity contribution in [2.75, 3.05) is 20.8 Å². The van der Waals surface area contributed by atoms with E-state index < -0.39 is 29.3 Å². The molecule has 0 aromatic heterocycles. The van der Waals surface area contributed by atoms with Crippen LogP contribution in [0.2, 0.25) is 5.02 Å². The average molecular weight is 434 g/mol. The first-order valence-electron chi connectivity index (χ1n) is 9.29. The highest BCUT2D eigenvalue weighted by Crippen LogP contribution is 2.43. The second kappa shape index (κ2) is 8.75. The largest absolute Gasteiger partial charge is 0.507 e. The highest BCUT2D eigenvalue weighted by atomic mass is 35.5. The summed E-state index contributed by atoms with van der Waals surface area (Å²) < 4.78 is 24.0. The van der Waals surface area contributed by atoms with Gasteiger partial charge in [0.2, 0.25) is 0 Å². The van der Waals surface area contributed by atoms with Crippen molar-refractivity contribution in [2.45, 2.75) is 19.4 Å². The van der Waals surface area contributed by atoms with Gasteiger partial charge >= 0.3 is 0 Å². The third kappa shape index (κ3) is 3.73. The summed E-state index contributed by atoms with van der Waals surface area (Å²) in [6.45, 7) is 2.17. The van der Waals surface area contributed by atoms with Gasteiger partial charge in [-0.2, -0.15) is 0 Å². The van der Waals surface area contributed by atoms with Crippen LogP contribution in [0.15, 0.2) is 42.0 Å². The standard InChI is InChI=1S/C22H21ClFNO5/c1-4-9-25-19(12-5-7-13(24)8-6-12)18(21(27)22(25)28)20(26)14-10-17(30-3)15(23)11-16(14)29-2/h5-8,10-11,19,26H,4,9H2,1-3H3/b20-18+. The molecule has 2 aromatic carbocycles. The van der Waals surface area contributed by atoms with Gasteiger partial charge in [-0.05, 0) is 30.2 Å². The fourth-order valence-electron chi connectivity index (χ4n) is 3.53. The van der Waals surface area contributed by atoms with Crippen LogP contribution < -0.4 is 9.47 Å². The first-order valence-corrected chi connectivity index (χ1v) is 9.67. The summed E-state index contributed by atoms with van der Waals surface area (Å²) in [6, 6.07) is 7.48. The minimum atomic E-state index is -0.864. The Kier molecular flexibility index (Phi) is 6.31. The number of ketones is 1. The molecule has 1 N–H and O–H groups in total. The molecule has 0 saturated carbocycles. The summed E-state index contributed by atoms with van der Waals surface area (Å²) in [4.78, 5) is 27.0. The van der Waals surface area contributed by atoms with Crippen molar-refractivity contribution in [1.82, 2.24) is 4.90 Å². The lowest BCUT2D eigenvalue weighted by Gasteiger charge is -2.25. The minimum Gasteiger partial charge on any atom is -0.507 e. The van der Waals surface area contributed by atoms with Crippen LogP contribution in [0.25, 0.3) is 5.76 Å². The quantitative estimate of drug-likeness (QED) is 0.417. The predicted molar refractivity (Wildman–Crippen MR) is 110 cm³/mol. The zero-order valence-corrected chi connectivity index (χ0v) is 17.5. The van der Waals surface area contributed by atoms with Gasteiger partial charge in [-0.15, -0.1) is 0 Å². The Bertz CT molecular complexity index is 1020. The van der Waals surface area contributed by atoms with Crippen LogP contribution in [0.3, 0.4) is 0 Å². The topological polar surface area (TPSA) is 76.1 Å². The van der Waals surface area contributed by atoms with Crippen molar-refractivity contribution in [2.24, 2.45) is 0 Å². The van der Waals surface area contributed by atoms with Crippen molar-refractivity contribution >= 4 is 29.1 Å². The van der Waals surface area contributed by atoms with Gasteiger partial charge < -0.3 is 19.5 Å². The van der Waals surface area contributed by atoms with Gasteiger partial charge in [0.15, 0.2) is 0 Å². The highest BCUT2D eigenvalue weighted by molar-refractivity contribution is 6.46. The van der Waals surface area contributed by atoms with E-state index in [9.17, 15) is 19.1 Å². The summed E-state index contributed by atoms with van der Waals surface area (Å²) in [5, 5.41) is 11.4. The number of likely N-dealkylation sites (tertiary alicyclic amines) is 1. The number of ether oxygens (including phenoxy) is 2. The summed E-state index contributed by atoms with van der Waals surface area (Å²) in [5.74, 6) is -1.96. The number of nitrogens with zero attached hydrogens (tertiary/aromatic N) is 1. The van der Waals surface area contributed by atoms with E-state index in [-0.39, 0.29) is 27.7 Å². The monoisotopic (exact) mass is 433 g/mol. The van der Waals surface area contributed by atoms with Gasteiger partial charge in [-0.3, -0.25) is 9.59 Å². The van der Waals surface area contributed by atoms with E-state index in [4.69, 9.17) is 21.1 Å². The van der Waals surface area contributed by atoms with E-state index in [0.717, 1.165) is 0 Å². The van der Waals surface area contributed by atoms with E-state index in [1.165, 1.54) is 55.5 Å². The molecule has 1 atom stereocenters. The van der Waals surface area contributed by atoms with E-state index in [0.29, 0.717) is 18.5 Å². The number of carbonyl (C=O) groups is 2. The normalized spacial score (nSPS) is 18.0. The maximum Gasteiger partial charge on any atom is 0.295 e. The Morgan fingerprint density at radius 3 is 2.33 bits per heavy atom.